The molecule has 1 amide bonds. The summed E-state index contributed by atoms with van der Waals surface area (Å²) in [7, 11) is 0. The van der Waals surface area contributed by atoms with Gasteiger partial charge in [-0.1, -0.05) is 25.5 Å². The zero-order valence-electron chi connectivity index (χ0n) is 12.0. The van der Waals surface area contributed by atoms with Crippen molar-refractivity contribution in [2.75, 3.05) is 13.1 Å². The lowest BCUT2D eigenvalue weighted by Gasteiger charge is -2.26. The van der Waals surface area contributed by atoms with Crippen molar-refractivity contribution in [1.82, 2.24) is 4.90 Å². The molecule has 3 nitrogen and oxygen atoms in total. The number of likely N-dealkylation sites (N-methyl/N-ethyl adjacent to an activating group) is 1. The Kier molecular flexibility index (Phi) is 3.83. The third-order valence-electron chi connectivity index (χ3n) is 4.41. The van der Waals surface area contributed by atoms with E-state index in [1.165, 1.54) is 0 Å². The molecule has 0 saturated heterocycles. The summed E-state index contributed by atoms with van der Waals surface area (Å²) >= 11 is 0. The zero-order chi connectivity index (χ0) is 14.0. The van der Waals surface area contributed by atoms with Gasteiger partial charge in [-0.05, 0) is 43.9 Å². The van der Waals surface area contributed by atoms with E-state index in [1.54, 1.807) is 12.1 Å². The number of carbonyl (C=O) groups excluding carboxylic acids is 1. The van der Waals surface area contributed by atoms with Crippen molar-refractivity contribution in [3.63, 3.8) is 0 Å². The maximum Gasteiger partial charge on any atom is 0.233 e. The van der Waals surface area contributed by atoms with Crippen LogP contribution in [-0.2, 0) is 10.2 Å². The third-order valence-corrected chi connectivity index (χ3v) is 4.41. The van der Waals surface area contributed by atoms with Crippen LogP contribution in [0.25, 0.3) is 0 Å². The van der Waals surface area contributed by atoms with Gasteiger partial charge < -0.3 is 10.0 Å². The van der Waals surface area contributed by atoms with Crippen molar-refractivity contribution in [1.29, 1.82) is 0 Å². The van der Waals surface area contributed by atoms with Gasteiger partial charge in [0.2, 0.25) is 5.91 Å². The summed E-state index contributed by atoms with van der Waals surface area (Å²) in [5.74, 6) is 0.933. The molecule has 1 aromatic carbocycles. The molecule has 1 aromatic rings. The summed E-state index contributed by atoms with van der Waals surface area (Å²) < 4.78 is 0. The number of hydrogen-bond donors (Lipinski definition) is 1. The third kappa shape index (κ3) is 2.22. The Balaban J connectivity index is 2.34. The van der Waals surface area contributed by atoms with E-state index >= 15 is 0 Å². The molecule has 0 radical (unpaired) electrons. The number of aromatic hydroxyl groups is 1. The van der Waals surface area contributed by atoms with Crippen LogP contribution < -0.4 is 0 Å². The van der Waals surface area contributed by atoms with E-state index in [2.05, 4.69) is 6.92 Å². The van der Waals surface area contributed by atoms with Gasteiger partial charge in [0.15, 0.2) is 0 Å². The van der Waals surface area contributed by atoms with Crippen LogP contribution in [0.4, 0.5) is 0 Å². The highest BCUT2D eigenvalue weighted by molar-refractivity contribution is 5.92. The van der Waals surface area contributed by atoms with Gasteiger partial charge in [0.05, 0.1) is 5.41 Å². The smallest absolute Gasteiger partial charge is 0.233 e. The number of nitrogens with zero attached hydrogens (tertiary/aromatic N) is 1. The summed E-state index contributed by atoms with van der Waals surface area (Å²) in [6.07, 6.45) is 1.96. The van der Waals surface area contributed by atoms with Gasteiger partial charge in [0.1, 0.15) is 5.75 Å². The Morgan fingerprint density at radius 2 is 1.84 bits per heavy atom. The molecule has 0 spiro atoms. The van der Waals surface area contributed by atoms with Gasteiger partial charge >= 0.3 is 0 Å². The Labute approximate surface area is 115 Å². The Hall–Kier alpha value is -1.51. The minimum Gasteiger partial charge on any atom is -0.508 e. The SMILES string of the molecule is CCC1CC1(C(=O)N(CC)CC)c1ccc(O)cc1. The van der Waals surface area contributed by atoms with Crippen LogP contribution in [-0.4, -0.2) is 29.0 Å². The first-order valence-electron chi connectivity index (χ1n) is 7.19. The van der Waals surface area contributed by atoms with Crippen molar-refractivity contribution < 1.29 is 9.90 Å². The molecular formula is C16H23NO2. The summed E-state index contributed by atoms with van der Waals surface area (Å²) in [6, 6.07) is 7.15. The lowest BCUT2D eigenvalue weighted by atomic mass is 9.90. The Morgan fingerprint density at radius 1 is 1.26 bits per heavy atom. The van der Waals surface area contributed by atoms with Crippen LogP contribution in [0.1, 0.15) is 39.2 Å². The van der Waals surface area contributed by atoms with E-state index < -0.39 is 0 Å². The number of rotatable bonds is 5. The molecule has 0 heterocycles. The van der Waals surface area contributed by atoms with Gasteiger partial charge in [0.25, 0.3) is 0 Å². The highest BCUT2D eigenvalue weighted by Gasteiger charge is 2.60. The van der Waals surface area contributed by atoms with Crippen LogP contribution in [0.2, 0.25) is 0 Å². The quantitative estimate of drug-likeness (QED) is 0.885. The van der Waals surface area contributed by atoms with Crippen LogP contribution >= 0.6 is 0 Å². The standard InChI is InChI=1S/C16H23NO2/c1-4-12-11-16(12,15(19)17(5-2)6-3)13-7-9-14(18)10-8-13/h7-10,12,18H,4-6,11H2,1-3H3. The molecule has 1 aliphatic carbocycles. The molecule has 1 aliphatic rings. The van der Waals surface area contributed by atoms with Crippen molar-refractivity contribution in [3.8, 4) is 5.75 Å². The number of carbonyl (C=O) groups is 1. The van der Waals surface area contributed by atoms with Crippen molar-refractivity contribution in [2.24, 2.45) is 5.92 Å². The highest BCUT2D eigenvalue weighted by atomic mass is 16.3. The van der Waals surface area contributed by atoms with Crippen LogP contribution in [0.5, 0.6) is 5.75 Å². The first-order chi connectivity index (χ1) is 9.09. The number of hydrogen-bond acceptors (Lipinski definition) is 2. The van der Waals surface area contributed by atoms with E-state index in [9.17, 15) is 9.90 Å². The van der Waals surface area contributed by atoms with Crippen molar-refractivity contribution in [2.45, 2.75) is 39.0 Å². The fraction of sp³-hybridized carbons (Fsp3) is 0.562. The molecule has 0 aliphatic heterocycles. The summed E-state index contributed by atoms with van der Waals surface area (Å²) in [5, 5.41) is 9.41. The molecule has 1 fully saturated rings. The van der Waals surface area contributed by atoms with E-state index in [1.807, 2.05) is 30.9 Å². The summed E-state index contributed by atoms with van der Waals surface area (Å²) in [6.45, 7) is 7.70. The number of amides is 1. The molecule has 19 heavy (non-hydrogen) atoms. The molecule has 3 heteroatoms. The normalized spacial score (nSPS) is 25.1. The molecule has 1 N–H and O–H groups in total. The Morgan fingerprint density at radius 3 is 2.26 bits per heavy atom. The number of benzene rings is 1. The predicted molar refractivity (Wildman–Crippen MR) is 76.1 cm³/mol. The van der Waals surface area contributed by atoms with Gasteiger partial charge in [-0.3, -0.25) is 4.79 Å². The molecule has 104 valence electrons. The van der Waals surface area contributed by atoms with Crippen LogP contribution in [0.3, 0.4) is 0 Å². The van der Waals surface area contributed by atoms with E-state index in [0.29, 0.717) is 5.92 Å². The summed E-state index contributed by atoms with van der Waals surface area (Å²) in [5.41, 5.74) is 0.711. The van der Waals surface area contributed by atoms with Crippen molar-refractivity contribution >= 4 is 5.91 Å². The minimum atomic E-state index is -0.339. The largest absolute Gasteiger partial charge is 0.508 e. The van der Waals surface area contributed by atoms with Gasteiger partial charge in [-0.25, -0.2) is 0 Å². The number of phenolic OH excluding ortho intramolecular Hbond substituents is 1. The topological polar surface area (TPSA) is 40.5 Å². The average Bonchev–Trinajstić information content (AvgIpc) is 3.16. The predicted octanol–water partition coefficient (Wildman–Crippen LogP) is 2.93. The van der Waals surface area contributed by atoms with Crippen molar-refractivity contribution in [3.05, 3.63) is 29.8 Å². The van der Waals surface area contributed by atoms with Gasteiger partial charge in [-0.15, -0.1) is 0 Å². The van der Waals surface area contributed by atoms with E-state index in [4.69, 9.17) is 0 Å². The average molecular weight is 261 g/mol. The fourth-order valence-corrected chi connectivity index (χ4v) is 3.11. The number of phenols is 1. The second kappa shape index (κ2) is 5.24. The van der Waals surface area contributed by atoms with E-state index in [0.717, 1.165) is 31.5 Å². The maximum absolute atomic E-state index is 12.8. The first-order valence-corrected chi connectivity index (χ1v) is 7.19. The molecule has 0 bridgehead atoms. The van der Waals surface area contributed by atoms with Gasteiger partial charge in [-0.2, -0.15) is 0 Å². The lowest BCUT2D eigenvalue weighted by Crippen LogP contribution is -2.40. The fourth-order valence-electron chi connectivity index (χ4n) is 3.11. The van der Waals surface area contributed by atoms with Gasteiger partial charge in [0, 0.05) is 13.1 Å². The zero-order valence-corrected chi connectivity index (χ0v) is 12.0. The van der Waals surface area contributed by atoms with E-state index in [-0.39, 0.29) is 17.1 Å². The molecule has 1 saturated carbocycles. The molecular weight excluding hydrogens is 238 g/mol. The van der Waals surface area contributed by atoms with Crippen LogP contribution in [0.15, 0.2) is 24.3 Å². The molecule has 2 rings (SSSR count). The van der Waals surface area contributed by atoms with Crippen LogP contribution in [0, 0.1) is 5.92 Å². The molecule has 2 atom stereocenters. The second-order valence-electron chi connectivity index (χ2n) is 5.30. The second-order valence-corrected chi connectivity index (χ2v) is 5.30. The monoisotopic (exact) mass is 261 g/mol. The molecule has 2 unspecified atom stereocenters. The maximum atomic E-state index is 12.8. The lowest BCUT2D eigenvalue weighted by molar-refractivity contribution is -0.134. The highest BCUT2D eigenvalue weighted by Crippen LogP contribution is 2.57. The molecule has 0 aromatic heterocycles. The summed E-state index contributed by atoms with van der Waals surface area (Å²) in [4.78, 5) is 14.7. The minimum absolute atomic E-state index is 0.245. The Bertz CT molecular complexity index is 450. The first kappa shape index (κ1) is 13.9.